The molecule has 0 saturated heterocycles. The van der Waals surface area contributed by atoms with Gasteiger partial charge < -0.3 is 0 Å². The second kappa shape index (κ2) is 6.61. The van der Waals surface area contributed by atoms with Gasteiger partial charge in [0, 0.05) is 0 Å². The van der Waals surface area contributed by atoms with Crippen LogP contribution >= 0.6 is 0 Å². The Morgan fingerprint density at radius 2 is 1.12 bits per heavy atom. The van der Waals surface area contributed by atoms with E-state index in [9.17, 15) is 0 Å². The van der Waals surface area contributed by atoms with Crippen LogP contribution in [0.15, 0.2) is 13.2 Å². The molecule has 0 aromatic heterocycles. The monoisotopic (exact) mass is 142 g/mol. The van der Waals surface area contributed by atoms with Crippen LogP contribution in [0.25, 0.3) is 0 Å². The maximum Gasteiger partial charge on any atom is 0.394 e. The molecule has 0 spiro atoms. The fraction of sp³-hybridized carbons (Fsp3) is 0.333. The highest BCUT2D eigenvalue weighted by molar-refractivity contribution is 7.79. The van der Waals surface area contributed by atoms with Crippen molar-refractivity contribution in [3.8, 4) is 0 Å². The predicted molar refractivity (Wildman–Crippen MR) is 32.2 cm³/mol. The molecule has 0 aromatic rings. The van der Waals surface area contributed by atoms with E-state index in [-0.39, 0.29) is 7.43 Å². The summed E-state index contributed by atoms with van der Waals surface area (Å²) in [5.74, 6) is 0. The van der Waals surface area contributed by atoms with E-state index in [1.165, 1.54) is 0 Å². The smallest absolute Gasteiger partial charge is 0.264 e. The van der Waals surface area contributed by atoms with Crippen molar-refractivity contribution in [2.24, 2.45) is 0 Å². The van der Waals surface area contributed by atoms with E-state index in [1.54, 1.807) is 0 Å². The third-order valence-corrected chi connectivity index (χ3v) is 0. The lowest BCUT2D eigenvalue weighted by Gasteiger charge is -1.68. The summed E-state index contributed by atoms with van der Waals surface area (Å²) in [6.45, 7) is 6.00. The van der Waals surface area contributed by atoms with Crippen molar-refractivity contribution in [1.29, 1.82) is 0 Å². The van der Waals surface area contributed by atoms with E-state index in [0.29, 0.717) is 0 Å². The minimum atomic E-state index is -4.67. The van der Waals surface area contributed by atoms with E-state index >= 15 is 0 Å². The van der Waals surface area contributed by atoms with Crippen LogP contribution in [0.4, 0.5) is 0 Å². The molecular formula is C3H10O4S. The maximum absolute atomic E-state index is 8.74. The highest BCUT2D eigenvalue weighted by Gasteiger charge is 1.84. The van der Waals surface area contributed by atoms with Crippen LogP contribution in [0.2, 0.25) is 0 Å². The van der Waals surface area contributed by atoms with Gasteiger partial charge in [0.15, 0.2) is 0 Å². The molecule has 0 aliphatic carbocycles. The first kappa shape index (κ1) is 15.6. The number of rotatable bonds is 0. The Labute approximate surface area is 49.4 Å². The van der Waals surface area contributed by atoms with E-state index in [1.807, 2.05) is 0 Å². The molecule has 52 valence electrons. The minimum absolute atomic E-state index is 0. The summed E-state index contributed by atoms with van der Waals surface area (Å²) < 4.78 is 31.6. The first-order valence-corrected chi connectivity index (χ1v) is 2.60. The molecule has 8 heavy (non-hydrogen) atoms. The van der Waals surface area contributed by atoms with Crippen molar-refractivity contribution in [1.82, 2.24) is 0 Å². The van der Waals surface area contributed by atoms with Crippen molar-refractivity contribution in [3.05, 3.63) is 13.2 Å². The van der Waals surface area contributed by atoms with Crippen molar-refractivity contribution >= 4 is 10.4 Å². The van der Waals surface area contributed by atoms with Crippen LogP contribution in [0.1, 0.15) is 7.43 Å². The van der Waals surface area contributed by atoms with Crippen molar-refractivity contribution < 1.29 is 17.5 Å². The molecule has 2 N–H and O–H groups in total. The van der Waals surface area contributed by atoms with Gasteiger partial charge in [0.05, 0.1) is 0 Å². The van der Waals surface area contributed by atoms with Crippen LogP contribution in [-0.4, -0.2) is 17.5 Å². The molecule has 0 aromatic carbocycles. The van der Waals surface area contributed by atoms with Crippen LogP contribution < -0.4 is 0 Å². The molecule has 0 saturated carbocycles. The Hall–Kier alpha value is -0.390. The molecule has 0 aliphatic heterocycles. The summed E-state index contributed by atoms with van der Waals surface area (Å²) >= 11 is 0. The zero-order valence-corrected chi connectivity index (χ0v) is 4.35. The van der Waals surface area contributed by atoms with Gasteiger partial charge in [0.25, 0.3) is 0 Å². The lowest BCUT2D eigenvalue weighted by Crippen LogP contribution is -1.89. The van der Waals surface area contributed by atoms with E-state index in [0.717, 1.165) is 0 Å². The lowest BCUT2D eigenvalue weighted by molar-refractivity contribution is 0.381. The predicted octanol–water partition coefficient (Wildman–Crippen LogP) is 0.786. The molecule has 0 heterocycles. The van der Waals surface area contributed by atoms with Crippen LogP contribution in [0.5, 0.6) is 0 Å². The summed E-state index contributed by atoms with van der Waals surface area (Å²) in [5, 5.41) is 0. The molecular weight excluding hydrogens is 132 g/mol. The third kappa shape index (κ3) is 784. The van der Waals surface area contributed by atoms with Gasteiger partial charge in [-0.25, -0.2) is 0 Å². The van der Waals surface area contributed by atoms with E-state index in [2.05, 4.69) is 13.2 Å². The fourth-order valence-electron chi connectivity index (χ4n) is 0. The van der Waals surface area contributed by atoms with Crippen LogP contribution in [0, 0.1) is 0 Å². The van der Waals surface area contributed by atoms with Crippen molar-refractivity contribution in [3.63, 3.8) is 0 Å². The fourth-order valence-corrected chi connectivity index (χ4v) is 0. The van der Waals surface area contributed by atoms with Gasteiger partial charge in [-0.3, -0.25) is 9.11 Å². The Morgan fingerprint density at radius 1 is 1.12 bits per heavy atom. The van der Waals surface area contributed by atoms with Gasteiger partial charge in [-0.05, 0) is 0 Å². The highest BCUT2D eigenvalue weighted by Crippen LogP contribution is 1.59. The average molecular weight is 142 g/mol. The Balaban J connectivity index is -0.0000000750. The first-order valence-electron chi connectivity index (χ1n) is 1.20. The zero-order valence-electron chi connectivity index (χ0n) is 3.53. The Morgan fingerprint density at radius 3 is 1.12 bits per heavy atom. The second-order valence-corrected chi connectivity index (χ2v) is 1.34. The van der Waals surface area contributed by atoms with Crippen molar-refractivity contribution in [2.45, 2.75) is 7.43 Å². The Kier molecular flexibility index (Phi) is 12.9. The molecule has 0 rings (SSSR count). The summed E-state index contributed by atoms with van der Waals surface area (Å²) in [4.78, 5) is 0. The van der Waals surface area contributed by atoms with Crippen molar-refractivity contribution in [2.75, 3.05) is 0 Å². The van der Waals surface area contributed by atoms with E-state index in [4.69, 9.17) is 17.5 Å². The molecule has 0 aliphatic rings. The normalized spacial score (nSPS) is 7.75. The molecule has 0 bridgehead atoms. The van der Waals surface area contributed by atoms with Crippen LogP contribution in [0.3, 0.4) is 0 Å². The maximum atomic E-state index is 8.74. The summed E-state index contributed by atoms with van der Waals surface area (Å²) in [6.07, 6.45) is 0. The Bertz CT molecular complexity index is 105. The summed E-state index contributed by atoms with van der Waals surface area (Å²) in [6, 6.07) is 0. The topological polar surface area (TPSA) is 74.6 Å². The molecule has 0 unspecified atom stereocenters. The van der Waals surface area contributed by atoms with Gasteiger partial charge in [0.1, 0.15) is 0 Å². The number of hydrogen-bond acceptors (Lipinski definition) is 2. The molecule has 0 amide bonds. The molecule has 5 heteroatoms. The molecule has 0 radical (unpaired) electrons. The molecule has 0 atom stereocenters. The van der Waals surface area contributed by atoms with E-state index < -0.39 is 10.4 Å². The van der Waals surface area contributed by atoms with Gasteiger partial charge in [0.2, 0.25) is 0 Å². The summed E-state index contributed by atoms with van der Waals surface area (Å²) in [5.41, 5.74) is 0. The second-order valence-electron chi connectivity index (χ2n) is 0.448. The highest BCUT2D eigenvalue weighted by atomic mass is 32.3. The lowest BCUT2D eigenvalue weighted by atomic mass is 11.3. The standard InChI is InChI=1S/C2H4.CH4.H2O4S/c1-2;;1-5(2,3)4/h1-2H2;1H4;(H2,1,2,3,4). The summed E-state index contributed by atoms with van der Waals surface area (Å²) in [7, 11) is -4.67. The first-order chi connectivity index (χ1) is 3.00. The quantitative estimate of drug-likeness (QED) is 0.387. The third-order valence-electron chi connectivity index (χ3n) is 0. The SMILES string of the molecule is C.C=C.O=S(=O)(O)O. The zero-order chi connectivity index (χ0) is 6.50. The van der Waals surface area contributed by atoms with Crippen LogP contribution in [-0.2, 0) is 10.4 Å². The molecule has 0 fully saturated rings. The van der Waals surface area contributed by atoms with Gasteiger partial charge in [-0.1, -0.05) is 7.43 Å². The largest absolute Gasteiger partial charge is 0.394 e. The molecule has 4 nitrogen and oxygen atoms in total. The van der Waals surface area contributed by atoms with Gasteiger partial charge in [-0.15, -0.1) is 13.2 Å². The number of hydrogen-bond donors (Lipinski definition) is 2. The minimum Gasteiger partial charge on any atom is -0.264 e. The van der Waals surface area contributed by atoms with Gasteiger partial charge >= 0.3 is 10.4 Å². The average Bonchev–Trinajstić information content (AvgIpc) is 1.36. The van der Waals surface area contributed by atoms with Gasteiger partial charge in [-0.2, -0.15) is 8.42 Å².